The fourth-order valence-electron chi connectivity index (χ4n) is 8.44. The maximum Gasteiger partial charge on any atom is 0.320 e. The number of likely N-dealkylation sites (tertiary alicyclic amines) is 1. The zero-order valence-electron chi connectivity index (χ0n) is 30.5. The minimum Gasteiger partial charge on any atom is -0.460 e. The molecule has 0 saturated carbocycles. The molecule has 3 saturated heterocycles. The Morgan fingerprint density at radius 2 is 1.74 bits per heavy atom. The first-order chi connectivity index (χ1) is 21.5. The molecule has 10 nitrogen and oxygen atoms in total. The van der Waals surface area contributed by atoms with Crippen LogP contribution in [0.4, 0.5) is 0 Å². The number of ether oxygens (including phenoxy) is 4. The van der Waals surface area contributed by atoms with Gasteiger partial charge in [-0.1, -0.05) is 43.4 Å². The molecule has 3 fully saturated rings. The summed E-state index contributed by atoms with van der Waals surface area (Å²) in [6, 6.07) is -0.143. The highest BCUT2D eigenvalue weighted by Gasteiger charge is 2.53. The van der Waals surface area contributed by atoms with Gasteiger partial charge in [-0.05, 0) is 112 Å². The molecule has 0 radical (unpaired) electrons. The monoisotopic (exact) mass is 765 g/mol. The number of aliphatic hydroxyl groups excluding tert-OH is 1. The number of ketones is 1. The van der Waals surface area contributed by atoms with Crippen molar-refractivity contribution in [1.82, 2.24) is 14.7 Å². The predicted molar refractivity (Wildman–Crippen MR) is 189 cm³/mol. The molecular formula is C35H64IN3O7. The van der Waals surface area contributed by atoms with Crippen molar-refractivity contribution in [2.75, 3.05) is 58.9 Å². The average molecular weight is 766 g/mol. The zero-order valence-corrected chi connectivity index (χ0v) is 32.6. The number of rotatable bonds is 8. The van der Waals surface area contributed by atoms with Crippen molar-refractivity contribution in [2.24, 2.45) is 23.2 Å². The van der Waals surface area contributed by atoms with Gasteiger partial charge in [0.05, 0.1) is 17.8 Å². The molecule has 11 heteroatoms. The molecule has 46 heavy (non-hydrogen) atoms. The number of nitrogens with zero attached hydrogens (tertiary/aromatic N) is 3. The van der Waals surface area contributed by atoms with Crippen LogP contribution in [0.1, 0.15) is 80.6 Å². The van der Waals surface area contributed by atoms with Gasteiger partial charge in [-0.15, -0.1) is 0 Å². The Labute approximate surface area is 292 Å². The lowest BCUT2D eigenvalue weighted by Crippen LogP contribution is -2.59. The molecule has 0 amide bonds. The van der Waals surface area contributed by atoms with E-state index >= 15 is 0 Å². The number of esters is 1. The van der Waals surface area contributed by atoms with Gasteiger partial charge >= 0.3 is 5.97 Å². The fraction of sp³-hybridized carbons (Fsp3) is 0.943. The van der Waals surface area contributed by atoms with E-state index in [1.54, 1.807) is 14.0 Å². The number of Topliss-reactive ketones (excluding diaryl/α,β-unsaturated/α-hetero) is 1. The Kier molecular flexibility index (Phi) is 14.8. The van der Waals surface area contributed by atoms with Crippen LogP contribution in [0.25, 0.3) is 0 Å². The second-order valence-electron chi connectivity index (χ2n) is 15.3. The Hall–Kier alpha value is -0.410. The van der Waals surface area contributed by atoms with Gasteiger partial charge in [-0.2, -0.15) is 0 Å². The van der Waals surface area contributed by atoms with Gasteiger partial charge in [-0.3, -0.25) is 14.5 Å². The minimum atomic E-state index is -1.39. The number of alkyl halides is 1. The van der Waals surface area contributed by atoms with E-state index in [1.165, 1.54) is 0 Å². The third kappa shape index (κ3) is 9.03. The van der Waals surface area contributed by atoms with Crippen LogP contribution in [0.2, 0.25) is 0 Å². The van der Waals surface area contributed by atoms with Gasteiger partial charge in [0.2, 0.25) is 0 Å². The summed E-state index contributed by atoms with van der Waals surface area (Å²) in [5, 5.41) is 11.4. The van der Waals surface area contributed by atoms with Crippen LogP contribution in [-0.2, 0) is 28.5 Å². The Morgan fingerprint density at radius 1 is 1.11 bits per heavy atom. The number of carbonyl (C=O) groups is 2. The topological polar surface area (TPSA) is 101 Å². The van der Waals surface area contributed by atoms with Gasteiger partial charge in [-0.25, -0.2) is 0 Å². The van der Waals surface area contributed by atoms with Crippen molar-refractivity contribution in [3.05, 3.63) is 0 Å². The molecule has 2 unspecified atom stereocenters. The quantitative estimate of drug-likeness (QED) is 0.167. The van der Waals surface area contributed by atoms with Gasteiger partial charge in [0.1, 0.15) is 17.6 Å². The van der Waals surface area contributed by atoms with Gasteiger partial charge < -0.3 is 33.9 Å². The lowest BCUT2D eigenvalue weighted by Gasteiger charge is -2.47. The highest BCUT2D eigenvalue weighted by Crippen LogP contribution is 2.40. The van der Waals surface area contributed by atoms with Crippen LogP contribution in [0, 0.1) is 23.2 Å². The fourth-order valence-corrected chi connectivity index (χ4v) is 9.13. The summed E-state index contributed by atoms with van der Waals surface area (Å²) in [5.74, 6) is -0.952. The minimum absolute atomic E-state index is 0.0259. The summed E-state index contributed by atoms with van der Waals surface area (Å²) in [7, 11) is 7.67. The van der Waals surface area contributed by atoms with Crippen LogP contribution < -0.4 is 0 Å². The normalized spacial score (nSPS) is 41.9. The number of likely N-dealkylation sites (N-methyl/N-ethyl adjacent to an activating group) is 2. The van der Waals surface area contributed by atoms with Crippen molar-refractivity contribution in [1.29, 1.82) is 0 Å². The maximum atomic E-state index is 14.5. The predicted octanol–water partition coefficient (Wildman–Crippen LogP) is 4.24. The van der Waals surface area contributed by atoms with Crippen LogP contribution in [0.15, 0.2) is 0 Å². The number of carbonyl (C=O) groups excluding carboxylic acids is 2. The van der Waals surface area contributed by atoms with Gasteiger partial charge in [0, 0.05) is 36.1 Å². The molecule has 0 spiro atoms. The van der Waals surface area contributed by atoms with E-state index in [2.05, 4.69) is 53.3 Å². The molecular weight excluding hydrogens is 701 g/mol. The zero-order chi connectivity index (χ0) is 34.6. The molecule has 0 bridgehead atoms. The Bertz CT molecular complexity index is 997. The average Bonchev–Trinajstić information content (AvgIpc) is 3.00. The van der Waals surface area contributed by atoms with Gasteiger partial charge in [0.15, 0.2) is 12.1 Å². The van der Waals surface area contributed by atoms with Crippen LogP contribution in [0.5, 0.6) is 0 Å². The standard InChI is InChI=1S/C35H64IN3O7/c1-12-15-39-16-13-26(14-17-39)28-25(5)45-33(42)34(6,21-36)30(41)24(4)31(35(7,43-11)19-22(2)20-38(28)10)46-32-29(40)27(37(8)9)18-23(3)44-32/h22-29,31-32,40H,12-21H2,1-11H3/t22-,23?,24+,25-,27-,28-,29-,31-,32?,34+,35-/m1/s1. The molecule has 11 atom stereocenters. The molecule has 1 N–H and O–H groups in total. The number of halogens is 1. The van der Waals surface area contributed by atoms with E-state index in [0.717, 1.165) is 45.4 Å². The second-order valence-corrected chi connectivity index (χ2v) is 16.1. The highest BCUT2D eigenvalue weighted by atomic mass is 127. The SMILES string of the molecule is CCCN1CCC([C@H]2[C@@H](C)OC(=O)[C@@](C)(CI)C(=O)[C@H](C)[C@@H](OC3OC(C)C[C@@H](N(C)C)[C@H]3O)[C@](C)(OC)C[C@@H](C)CN2C)CC1. The molecule has 0 aromatic heterocycles. The molecule has 3 aliphatic heterocycles. The van der Waals surface area contributed by atoms with E-state index in [1.807, 2.05) is 46.7 Å². The van der Waals surface area contributed by atoms with E-state index < -0.39 is 41.4 Å². The molecule has 3 rings (SSSR count). The second kappa shape index (κ2) is 17.0. The third-order valence-electron chi connectivity index (χ3n) is 11.0. The lowest BCUT2D eigenvalue weighted by atomic mass is 9.74. The lowest BCUT2D eigenvalue weighted by molar-refractivity contribution is -0.295. The number of hydrogen-bond donors (Lipinski definition) is 1. The first-order valence-electron chi connectivity index (χ1n) is 17.5. The first kappa shape index (κ1) is 40.0. The largest absolute Gasteiger partial charge is 0.460 e. The van der Waals surface area contributed by atoms with E-state index in [-0.39, 0.29) is 40.4 Å². The number of aliphatic hydroxyl groups is 1. The van der Waals surface area contributed by atoms with Gasteiger partial charge in [0.25, 0.3) is 0 Å². The Morgan fingerprint density at radius 3 is 2.28 bits per heavy atom. The van der Waals surface area contributed by atoms with Crippen molar-refractivity contribution < 1.29 is 33.6 Å². The van der Waals surface area contributed by atoms with E-state index in [9.17, 15) is 14.7 Å². The highest BCUT2D eigenvalue weighted by molar-refractivity contribution is 14.1. The molecule has 3 aliphatic rings. The smallest absolute Gasteiger partial charge is 0.320 e. The van der Waals surface area contributed by atoms with Crippen molar-refractivity contribution in [3.63, 3.8) is 0 Å². The number of hydrogen-bond acceptors (Lipinski definition) is 10. The Balaban J connectivity index is 2.02. The van der Waals surface area contributed by atoms with E-state index in [4.69, 9.17) is 18.9 Å². The first-order valence-corrected chi connectivity index (χ1v) is 19.0. The third-order valence-corrected chi connectivity index (χ3v) is 12.6. The van der Waals surface area contributed by atoms with Crippen LogP contribution in [0.3, 0.4) is 0 Å². The maximum absolute atomic E-state index is 14.5. The summed E-state index contributed by atoms with van der Waals surface area (Å²) in [6.45, 7) is 17.9. The van der Waals surface area contributed by atoms with E-state index in [0.29, 0.717) is 18.8 Å². The summed E-state index contributed by atoms with van der Waals surface area (Å²) in [4.78, 5) is 35.5. The summed E-state index contributed by atoms with van der Waals surface area (Å²) < 4.78 is 25.8. The summed E-state index contributed by atoms with van der Waals surface area (Å²) in [6.07, 6.45) is 1.31. The number of cyclic esters (lactones) is 1. The summed E-state index contributed by atoms with van der Waals surface area (Å²) >= 11 is 2.13. The molecule has 3 heterocycles. The number of piperidine rings is 1. The van der Waals surface area contributed by atoms with Crippen LogP contribution in [-0.4, -0.2) is 139 Å². The molecule has 0 aromatic carbocycles. The molecule has 0 aromatic rings. The van der Waals surface area contributed by atoms with Crippen molar-refractivity contribution in [2.45, 2.75) is 129 Å². The van der Waals surface area contributed by atoms with Crippen molar-refractivity contribution >= 4 is 34.3 Å². The van der Waals surface area contributed by atoms with Crippen molar-refractivity contribution in [3.8, 4) is 0 Å². The molecule has 268 valence electrons. The number of methoxy groups -OCH3 is 1. The van der Waals surface area contributed by atoms with Crippen LogP contribution >= 0.6 is 22.6 Å². The summed E-state index contributed by atoms with van der Waals surface area (Å²) in [5.41, 5.74) is -2.30. The molecule has 0 aliphatic carbocycles.